The molecule has 1 aromatic heterocycles. The highest BCUT2D eigenvalue weighted by atomic mass is 32.3. The first-order chi connectivity index (χ1) is 17.2. The molecule has 0 unspecified atom stereocenters. The summed E-state index contributed by atoms with van der Waals surface area (Å²) >= 11 is 0. The van der Waals surface area contributed by atoms with Gasteiger partial charge in [0.2, 0.25) is 11.8 Å². The molecule has 0 N–H and O–H groups in total. The van der Waals surface area contributed by atoms with Gasteiger partial charge in [0.05, 0.1) is 24.9 Å². The number of benzene rings is 1. The Morgan fingerprint density at radius 3 is 2.36 bits per heavy atom. The molecule has 2 aliphatic rings. The number of nitrogens with zero attached hydrogens (tertiary/aromatic N) is 3. The third-order valence-corrected chi connectivity index (χ3v) is 6.71. The lowest BCUT2D eigenvalue weighted by Gasteiger charge is -2.31. The molecule has 2 aliphatic heterocycles. The van der Waals surface area contributed by atoms with Crippen LogP contribution in [0.1, 0.15) is 37.8 Å². The number of hydrogen-bond donors (Lipinski definition) is 0. The first kappa shape index (κ1) is 26.1. The molecule has 2 fully saturated rings. The second-order valence-corrected chi connectivity index (χ2v) is 10.4. The number of hydrogen-bond acceptors (Lipinski definition) is 10. The molecule has 0 atom stereocenters. The van der Waals surface area contributed by atoms with Gasteiger partial charge < -0.3 is 19.1 Å². The van der Waals surface area contributed by atoms with Gasteiger partial charge in [-0.15, -0.1) is 0 Å². The number of ether oxygens (including phenoxy) is 3. The van der Waals surface area contributed by atoms with Crippen molar-refractivity contribution in [2.24, 2.45) is 5.92 Å². The van der Waals surface area contributed by atoms with Crippen LogP contribution in [-0.2, 0) is 29.9 Å². The Morgan fingerprint density at radius 1 is 1.08 bits per heavy atom. The fraction of sp³-hybridized carbons (Fsp3) is 0.542. The molecule has 12 heteroatoms. The van der Waals surface area contributed by atoms with Gasteiger partial charge in [-0.2, -0.15) is 8.42 Å². The van der Waals surface area contributed by atoms with Crippen LogP contribution in [0, 0.1) is 12.8 Å². The monoisotopic (exact) mass is 521 g/mol. The van der Waals surface area contributed by atoms with E-state index in [1.807, 2.05) is 45.0 Å². The van der Waals surface area contributed by atoms with Crippen molar-refractivity contribution < 1.29 is 35.8 Å². The number of piperidine rings is 1. The zero-order valence-corrected chi connectivity index (χ0v) is 21.4. The average Bonchev–Trinajstić information content (AvgIpc) is 2.84. The molecule has 0 radical (unpaired) electrons. The third-order valence-electron chi connectivity index (χ3n) is 5.86. The number of amides is 1. The molecular formula is C24H31N3O8S. The van der Waals surface area contributed by atoms with Gasteiger partial charge in [0.1, 0.15) is 18.2 Å². The summed E-state index contributed by atoms with van der Waals surface area (Å²) in [5.74, 6) is 1.40. The zero-order valence-electron chi connectivity index (χ0n) is 20.6. The normalized spacial score (nSPS) is 18.7. The van der Waals surface area contributed by atoms with Crippen LogP contribution in [0.3, 0.4) is 0 Å². The Labute approximate surface area is 211 Å². The second-order valence-electron chi connectivity index (χ2n) is 9.14. The van der Waals surface area contributed by atoms with Gasteiger partial charge in [0.25, 0.3) is 0 Å². The smallest absolute Gasteiger partial charge is 0.410 e. The summed E-state index contributed by atoms with van der Waals surface area (Å²) in [4.78, 5) is 22.3. The molecule has 0 saturated carbocycles. The standard InChI is InChI=1S/C24H31N3O8S/c1-16(2)33-24(28)27-10-8-21(9-11-27)35-23-17(3)22(25-15-26-23)34-20-6-4-18(5-7-20)12-19-13-31-36(29,30)32-14-19/h4-7,15-16,19,21H,8-14H2,1-3H3. The minimum atomic E-state index is -3.84. The van der Waals surface area contributed by atoms with E-state index in [0.29, 0.717) is 55.4 Å². The van der Waals surface area contributed by atoms with Crippen molar-refractivity contribution in [1.82, 2.24) is 14.9 Å². The number of aromatic nitrogens is 2. The van der Waals surface area contributed by atoms with Crippen LogP contribution in [-0.4, -0.2) is 67.9 Å². The maximum atomic E-state index is 12.1. The molecule has 4 rings (SSSR count). The molecule has 0 spiro atoms. The molecule has 196 valence electrons. The van der Waals surface area contributed by atoms with E-state index in [1.165, 1.54) is 6.33 Å². The second kappa shape index (κ2) is 11.4. The summed E-state index contributed by atoms with van der Waals surface area (Å²) in [7, 11) is -3.84. The maximum absolute atomic E-state index is 12.1. The summed E-state index contributed by atoms with van der Waals surface area (Å²) in [6, 6.07) is 7.46. The lowest BCUT2D eigenvalue weighted by atomic mass is 10.0. The maximum Gasteiger partial charge on any atom is 0.410 e. The molecule has 0 aliphatic carbocycles. The number of likely N-dealkylation sites (tertiary alicyclic amines) is 1. The van der Waals surface area contributed by atoms with E-state index in [0.717, 1.165) is 5.56 Å². The van der Waals surface area contributed by atoms with E-state index in [1.54, 1.807) is 4.90 Å². The molecule has 2 saturated heterocycles. The van der Waals surface area contributed by atoms with Crippen LogP contribution >= 0.6 is 0 Å². The topological polar surface area (TPSA) is 126 Å². The van der Waals surface area contributed by atoms with E-state index < -0.39 is 10.4 Å². The molecule has 3 heterocycles. The molecule has 11 nitrogen and oxygen atoms in total. The van der Waals surface area contributed by atoms with Crippen LogP contribution in [0.25, 0.3) is 0 Å². The Bertz CT molecular complexity index is 1130. The summed E-state index contributed by atoms with van der Waals surface area (Å²) in [6.45, 7) is 6.83. The van der Waals surface area contributed by atoms with E-state index in [-0.39, 0.29) is 37.4 Å². The Balaban J connectivity index is 1.30. The Kier molecular flexibility index (Phi) is 8.27. The molecule has 2 aromatic rings. The van der Waals surface area contributed by atoms with Crippen LogP contribution < -0.4 is 9.47 Å². The SMILES string of the molecule is Cc1c(Oc2ccc(CC3COS(=O)(=O)OC3)cc2)ncnc1OC1CCN(C(=O)OC(C)C)CC1. The Morgan fingerprint density at radius 2 is 1.72 bits per heavy atom. The van der Waals surface area contributed by atoms with Crippen molar-refractivity contribution in [2.45, 2.75) is 52.2 Å². The molecule has 36 heavy (non-hydrogen) atoms. The van der Waals surface area contributed by atoms with E-state index >= 15 is 0 Å². The highest BCUT2D eigenvalue weighted by Gasteiger charge is 2.27. The van der Waals surface area contributed by atoms with Crippen LogP contribution in [0.4, 0.5) is 4.79 Å². The molecule has 1 amide bonds. The number of carbonyl (C=O) groups is 1. The van der Waals surface area contributed by atoms with Crippen LogP contribution in [0.2, 0.25) is 0 Å². The van der Waals surface area contributed by atoms with Crippen molar-refractivity contribution in [3.63, 3.8) is 0 Å². The number of carbonyl (C=O) groups excluding carboxylic acids is 1. The van der Waals surface area contributed by atoms with Crippen LogP contribution in [0.15, 0.2) is 30.6 Å². The average molecular weight is 522 g/mol. The summed E-state index contributed by atoms with van der Waals surface area (Å²) in [5.41, 5.74) is 1.69. The highest BCUT2D eigenvalue weighted by molar-refractivity contribution is 7.81. The van der Waals surface area contributed by atoms with Crippen molar-refractivity contribution in [3.05, 3.63) is 41.7 Å². The molecule has 0 bridgehead atoms. The van der Waals surface area contributed by atoms with E-state index in [9.17, 15) is 13.2 Å². The largest absolute Gasteiger partial charge is 0.474 e. The predicted molar refractivity (Wildman–Crippen MR) is 128 cm³/mol. The Hall–Kier alpha value is -2.96. The van der Waals surface area contributed by atoms with E-state index in [2.05, 4.69) is 9.97 Å². The van der Waals surface area contributed by atoms with Crippen molar-refractivity contribution in [2.75, 3.05) is 26.3 Å². The zero-order chi connectivity index (χ0) is 25.7. The first-order valence-corrected chi connectivity index (χ1v) is 13.3. The molecular weight excluding hydrogens is 490 g/mol. The van der Waals surface area contributed by atoms with Gasteiger partial charge in [0.15, 0.2) is 0 Å². The summed E-state index contributed by atoms with van der Waals surface area (Å²) in [5, 5.41) is 0. The van der Waals surface area contributed by atoms with Gasteiger partial charge in [-0.05, 0) is 44.9 Å². The first-order valence-electron chi connectivity index (χ1n) is 11.9. The highest BCUT2D eigenvalue weighted by Crippen LogP contribution is 2.29. The molecule has 1 aromatic carbocycles. The van der Waals surface area contributed by atoms with Gasteiger partial charge in [-0.1, -0.05) is 12.1 Å². The summed E-state index contributed by atoms with van der Waals surface area (Å²) < 4.78 is 49.2. The lowest BCUT2D eigenvalue weighted by molar-refractivity contribution is 0.0505. The minimum Gasteiger partial charge on any atom is -0.474 e. The van der Waals surface area contributed by atoms with Crippen LogP contribution in [0.5, 0.6) is 17.5 Å². The van der Waals surface area contributed by atoms with Crippen molar-refractivity contribution in [1.29, 1.82) is 0 Å². The van der Waals surface area contributed by atoms with Crippen molar-refractivity contribution >= 4 is 16.5 Å². The quantitative estimate of drug-likeness (QED) is 0.535. The van der Waals surface area contributed by atoms with Gasteiger partial charge in [-0.3, -0.25) is 0 Å². The van der Waals surface area contributed by atoms with Gasteiger partial charge >= 0.3 is 16.5 Å². The number of rotatable bonds is 7. The third kappa shape index (κ3) is 7.05. The summed E-state index contributed by atoms with van der Waals surface area (Å²) in [6.07, 6.45) is 2.86. The fourth-order valence-electron chi connectivity index (χ4n) is 3.93. The predicted octanol–water partition coefficient (Wildman–Crippen LogP) is 3.42. The van der Waals surface area contributed by atoms with Gasteiger partial charge in [0, 0.05) is 31.8 Å². The van der Waals surface area contributed by atoms with E-state index in [4.69, 9.17) is 22.6 Å². The lowest BCUT2D eigenvalue weighted by Crippen LogP contribution is -2.42. The van der Waals surface area contributed by atoms with Gasteiger partial charge in [-0.25, -0.2) is 23.1 Å². The van der Waals surface area contributed by atoms with Crippen molar-refractivity contribution in [3.8, 4) is 17.5 Å². The fourth-order valence-corrected chi connectivity index (χ4v) is 4.71. The minimum absolute atomic E-state index is 0.0446.